The molecule has 0 amide bonds. The van der Waals surface area contributed by atoms with Gasteiger partial charge in [-0.2, -0.15) is 12.6 Å². The van der Waals surface area contributed by atoms with Crippen LogP contribution in [0.1, 0.15) is 40.0 Å². The third-order valence-electron chi connectivity index (χ3n) is 1.38. The summed E-state index contributed by atoms with van der Waals surface area (Å²) in [6, 6.07) is 0.444. The van der Waals surface area contributed by atoms with Gasteiger partial charge >= 0.3 is 0 Å². The van der Waals surface area contributed by atoms with Crippen LogP contribution in [-0.4, -0.2) is 24.6 Å². The van der Waals surface area contributed by atoms with Gasteiger partial charge in [0.1, 0.15) is 6.29 Å². The molecule has 0 saturated carbocycles. The third-order valence-corrected chi connectivity index (χ3v) is 1.91. The van der Waals surface area contributed by atoms with Gasteiger partial charge in [0.15, 0.2) is 0 Å². The van der Waals surface area contributed by atoms with E-state index in [0.717, 1.165) is 18.6 Å². The summed E-state index contributed by atoms with van der Waals surface area (Å²) in [5.74, 6) is 0.879. The first kappa shape index (κ1) is 20.0. The SMILES string of the molecule is CCC=O.CCCC[N-]C(C)CS.[V]. The largest absolute Gasteiger partial charge is 0.659 e. The van der Waals surface area contributed by atoms with Crippen molar-refractivity contribution in [2.24, 2.45) is 0 Å². The van der Waals surface area contributed by atoms with Crippen LogP contribution in [0.3, 0.4) is 0 Å². The Morgan fingerprint density at radius 2 is 1.93 bits per heavy atom. The molecule has 0 bridgehead atoms. The molecule has 85 valence electrons. The number of carbonyl (C=O) groups excluding carboxylic acids is 1. The Kier molecular flexibility index (Phi) is 27.5. The maximum absolute atomic E-state index is 9.17. The Labute approximate surface area is 106 Å². The Balaban J connectivity index is -0.000000209. The van der Waals surface area contributed by atoms with E-state index in [9.17, 15) is 4.79 Å². The molecule has 0 aromatic heterocycles. The predicted molar refractivity (Wildman–Crippen MR) is 62.8 cm³/mol. The molecule has 0 aliphatic heterocycles. The molecule has 0 heterocycles. The average molecular weight is 255 g/mol. The first-order valence-electron chi connectivity index (χ1n) is 4.93. The van der Waals surface area contributed by atoms with E-state index >= 15 is 0 Å². The fourth-order valence-electron chi connectivity index (χ4n) is 0.528. The van der Waals surface area contributed by atoms with Crippen molar-refractivity contribution in [1.29, 1.82) is 0 Å². The molecule has 0 N–H and O–H groups in total. The quantitative estimate of drug-likeness (QED) is 0.441. The average Bonchev–Trinajstić information content (AvgIpc) is 2.18. The molecular formula is C10H22NOSV-. The first-order chi connectivity index (χ1) is 6.22. The van der Waals surface area contributed by atoms with Crippen LogP contribution in [0.15, 0.2) is 0 Å². The van der Waals surface area contributed by atoms with Gasteiger partial charge in [-0.25, -0.2) is 0 Å². The summed E-state index contributed by atoms with van der Waals surface area (Å²) in [6.07, 6.45) is 3.97. The number of thiol groups is 1. The Morgan fingerprint density at radius 1 is 1.43 bits per heavy atom. The fourth-order valence-corrected chi connectivity index (χ4v) is 0.643. The topological polar surface area (TPSA) is 31.2 Å². The molecule has 0 fully saturated rings. The van der Waals surface area contributed by atoms with Crippen LogP contribution in [0.4, 0.5) is 0 Å². The zero-order chi connectivity index (χ0) is 10.5. The van der Waals surface area contributed by atoms with Crippen LogP contribution in [0.2, 0.25) is 0 Å². The number of hydrogen-bond donors (Lipinski definition) is 1. The summed E-state index contributed by atoms with van der Waals surface area (Å²) >= 11 is 4.12. The summed E-state index contributed by atoms with van der Waals surface area (Å²) in [5.41, 5.74) is 0. The number of carbonyl (C=O) groups is 1. The Hall–Kier alpha value is 0.564. The molecule has 1 radical (unpaired) electrons. The number of nitrogens with zero attached hydrogens (tertiary/aromatic N) is 1. The van der Waals surface area contributed by atoms with Crippen molar-refractivity contribution >= 4 is 18.9 Å². The van der Waals surface area contributed by atoms with Crippen molar-refractivity contribution in [3.63, 3.8) is 0 Å². The predicted octanol–water partition coefficient (Wildman–Crippen LogP) is 3.07. The minimum Gasteiger partial charge on any atom is -0.659 e. The van der Waals surface area contributed by atoms with E-state index in [2.05, 4.69) is 31.8 Å². The minimum absolute atomic E-state index is 0. The smallest absolute Gasteiger partial charge is 0.119 e. The zero-order valence-corrected chi connectivity index (χ0v) is 11.7. The van der Waals surface area contributed by atoms with Crippen molar-refractivity contribution in [3.8, 4) is 0 Å². The van der Waals surface area contributed by atoms with Crippen molar-refractivity contribution in [1.82, 2.24) is 0 Å². The second kappa shape index (κ2) is 19.2. The van der Waals surface area contributed by atoms with Gasteiger partial charge in [-0.1, -0.05) is 33.6 Å². The van der Waals surface area contributed by atoms with Gasteiger partial charge in [0, 0.05) is 25.0 Å². The van der Waals surface area contributed by atoms with E-state index in [1.807, 2.05) is 6.92 Å². The molecular weight excluding hydrogens is 233 g/mol. The summed E-state index contributed by atoms with van der Waals surface area (Å²) in [6.45, 7) is 7.11. The van der Waals surface area contributed by atoms with Gasteiger partial charge in [-0.05, 0) is 5.75 Å². The standard InChI is InChI=1S/C7H16NS.C3H6O.V/c1-3-4-5-8-7(2)6-9;1-2-3-4;/h7,9H,3-6H2,1-2H3;3H,2H2,1H3;/q-1;;. The van der Waals surface area contributed by atoms with Crippen molar-refractivity contribution in [2.45, 2.75) is 46.1 Å². The minimum atomic E-state index is 0. The van der Waals surface area contributed by atoms with Crippen LogP contribution in [0.25, 0.3) is 5.32 Å². The van der Waals surface area contributed by atoms with Crippen molar-refractivity contribution < 1.29 is 23.4 Å². The van der Waals surface area contributed by atoms with E-state index in [1.165, 1.54) is 12.8 Å². The number of rotatable bonds is 6. The Bertz CT molecular complexity index is 104. The summed E-state index contributed by atoms with van der Waals surface area (Å²) in [5, 5.41) is 4.36. The Morgan fingerprint density at radius 3 is 2.21 bits per heavy atom. The second-order valence-corrected chi connectivity index (χ2v) is 3.23. The molecule has 0 aromatic carbocycles. The zero-order valence-electron chi connectivity index (χ0n) is 9.44. The van der Waals surface area contributed by atoms with Gasteiger partial charge in [-0.3, -0.25) is 0 Å². The van der Waals surface area contributed by atoms with Crippen LogP contribution < -0.4 is 0 Å². The van der Waals surface area contributed by atoms with Crippen LogP contribution in [0, 0.1) is 0 Å². The van der Waals surface area contributed by atoms with Gasteiger partial charge < -0.3 is 10.1 Å². The maximum Gasteiger partial charge on any atom is 0.119 e. The molecule has 1 unspecified atom stereocenters. The fraction of sp³-hybridized carbons (Fsp3) is 0.900. The van der Waals surface area contributed by atoms with E-state index in [-0.39, 0.29) is 18.6 Å². The van der Waals surface area contributed by atoms with Crippen LogP contribution >= 0.6 is 12.6 Å². The molecule has 0 saturated heterocycles. The third kappa shape index (κ3) is 22.9. The normalized spacial score (nSPS) is 10.6. The van der Waals surface area contributed by atoms with Gasteiger partial charge in [-0.15, -0.1) is 12.6 Å². The van der Waals surface area contributed by atoms with E-state index in [4.69, 9.17) is 0 Å². The number of hydrogen-bond acceptors (Lipinski definition) is 2. The molecule has 2 nitrogen and oxygen atoms in total. The summed E-state index contributed by atoms with van der Waals surface area (Å²) < 4.78 is 0. The molecule has 0 aromatic rings. The maximum atomic E-state index is 9.17. The molecule has 1 atom stereocenters. The summed E-state index contributed by atoms with van der Waals surface area (Å²) in [4.78, 5) is 9.17. The van der Waals surface area contributed by atoms with Crippen LogP contribution in [0.5, 0.6) is 0 Å². The second-order valence-electron chi connectivity index (χ2n) is 2.87. The van der Waals surface area contributed by atoms with Gasteiger partial charge in [0.25, 0.3) is 0 Å². The van der Waals surface area contributed by atoms with Crippen LogP contribution in [-0.2, 0) is 23.4 Å². The molecule has 0 aliphatic rings. The monoisotopic (exact) mass is 255 g/mol. The first-order valence-corrected chi connectivity index (χ1v) is 5.57. The molecule has 0 spiro atoms. The van der Waals surface area contributed by atoms with Crippen molar-refractivity contribution in [2.75, 3.05) is 12.3 Å². The molecule has 0 aliphatic carbocycles. The number of unbranched alkanes of at least 4 members (excludes halogenated alkanes) is 1. The van der Waals surface area contributed by atoms with E-state index < -0.39 is 0 Å². The molecule has 0 rings (SSSR count). The van der Waals surface area contributed by atoms with E-state index in [1.54, 1.807) is 0 Å². The van der Waals surface area contributed by atoms with Gasteiger partial charge in [0.05, 0.1) is 0 Å². The molecule has 14 heavy (non-hydrogen) atoms. The molecule has 4 heteroatoms. The van der Waals surface area contributed by atoms with E-state index in [0.29, 0.717) is 12.5 Å². The number of aldehydes is 1. The van der Waals surface area contributed by atoms with Crippen molar-refractivity contribution in [3.05, 3.63) is 5.32 Å². The van der Waals surface area contributed by atoms with Gasteiger partial charge in [0.2, 0.25) is 0 Å². The summed E-state index contributed by atoms with van der Waals surface area (Å²) in [7, 11) is 0.